The molecule has 6 nitrogen and oxygen atoms in total. The van der Waals surface area contributed by atoms with E-state index in [0.29, 0.717) is 0 Å². The Morgan fingerprint density at radius 3 is 2.37 bits per heavy atom. The van der Waals surface area contributed by atoms with Gasteiger partial charge in [-0.05, 0) is 37.1 Å². The molecule has 0 bridgehead atoms. The zero-order valence-corrected chi connectivity index (χ0v) is 17.6. The Kier molecular flexibility index (Phi) is 5.34. The Morgan fingerprint density at radius 2 is 1.73 bits per heavy atom. The number of aryl methyl sites for hydroxylation is 1. The molecule has 1 aliphatic heterocycles. The summed E-state index contributed by atoms with van der Waals surface area (Å²) in [5, 5.41) is 0. The van der Waals surface area contributed by atoms with E-state index >= 15 is 0 Å². The molecular formula is C23H23NO5S. The summed E-state index contributed by atoms with van der Waals surface area (Å²) < 4.78 is 33.0. The molecule has 30 heavy (non-hydrogen) atoms. The van der Waals surface area contributed by atoms with Gasteiger partial charge in [-0.2, -0.15) is 4.31 Å². The summed E-state index contributed by atoms with van der Waals surface area (Å²) in [4.78, 5) is 25.4. The first-order valence-electron chi connectivity index (χ1n) is 9.78. The van der Waals surface area contributed by atoms with Crippen LogP contribution in [0.2, 0.25) is 0 Å². The number of nitrogens with zero attached hydrogens (tertiary/aromatic N) is 1. The van der Waals surface area contributed by atoms with Crippen LogP contribution >= 0.6 is 0 Å². The molecule has 0 unspecified atom stereocenters. The number of hydrogen-bond donors (Lipinski definition) is 0. The van der Waals surface area contributed by atoms with Gasteiger partial charge in [0.05, 0.1) is 17.9 Å². The molecule has 1 fully saturated rings. The molecule has 0 amide bonds. The minimum atomic E-state index is -3.95. The molecule has 156 valence electrons. The topological polar surface area (TPSA) is 80.8 Å². The number of allylic oxidation sites excluding steroid dienone is 1. The molecular weight excluding hydrogens is 402 g/mol. The van der Waals surface area contributed by atoms with Crippen molar-refractivity contribution < 1.29 is 22.7 Å². The van der Waals surface area contributed by atoms with E-state index in [1.165, 1.54) is 11.4 Å². The van der Waals surface area contributed by atoms with E-state index in [0.717, 1.165) is 16.7 Å². The second-order valence-corrected chi connectivity index (χ2v) is 9.64. The lowest BCUT2D eigenvalue weighted by molar-refractivity contribution is -0.145. The first kappa shape index (κ1) is 20.5. The van der Waals surface area contributed by atoms with Crippen molar-refractivity contribution in [3.8, 4) is 0 Å². The third kappa shape index (κ3) is 3.48. The number of carbonyl (C=O) groups excluding carboxylic acids is 2. The number of fused-ring (bicyclic) bond motifs is 1. The maximum Gasteiger partial charge on any atom is 0.324 e. The van der Waals surface area contributed by atoms with Crippen LogP contribution in [0.5, 0.6) is 0 Å². The number of ether oxygens (including phenoxy) is 1. The Bertz CT molecular complexity index is 1110. The van der Waals surface area contributed by atoms with Crippen LogP contribution in [-0.2, 0) is 24.3 Å². The first-order valence-corrected chi connectivity index (χ1v) is 11.2. The van der Waals surface area contributed by atoms with Gasteiger partial charge in [-0.3, -0.25) is 9.59 Å². The minimum absolute atomic E-state index is 0.0487. The van der Waals surface area contributed by atoms with E-state index in [1.807, 2.05) is 37.3 Å². The minimum Gasteiger partial charge on any atom is -0.468 e. The molecule has 1 heterocycles. The molecule has 2 aliphatic rings. The maximum absolute atomic E-state index is 13.5. The smallest absolute Gasteiger partial charge is 0.324 e. The second kappa shape index (κ2) is 7.81. The van der Waals surface area contributed by atoms with Crippen LogP contribution < -0.4 is 0 Å². The van der Waals surface area contributed by atoms with Crippen LogP contribution in [0.15, 0.2) is 71.1 Å². The summed E-state index contributed by atoms with van der Waals surface area (Å²) in [6.07, 6.45) is 1.73. The van der Waals surface area contributed by atoms with E-state index in [-0.39, 0.29) is 29.6 Å². The Labute approximate surface area is 176 Å². The van der Waals surface area contributed by atoms with Crippen LogP contribution in [0.4, 0.5) is 0 Å². The second-order valence-electron chi connectivity index (χ2n) is 7.75. The summed E-state index contributed by atoms with van der Waals surface area (Å²) in [5.41, 5.74) is 2.59. The predicted molar refractivity (Wildman–Crippen MR) is 111 cm³/mol. The highest BCUT2D eigenvalue weighted by molar-refractivity contribution is 7.89. The molecule has 2 aromatic rings. The number of piperidine rings is 1. The molecule has 0 N–H and O–H groups in total. The molecule has 0 aromatic heterocycles. The van der Waals surface area contributed by atoms with Gasteiger partial charge in [0.15, 0.2) is 5.78 Å². The number of esters is 1. The van der Waals surface area contributed by atoms with Gasteiger partial charge in [-0.1, -0.05) is 53.6 Å². The van der Waals surface area contributed by atoms with Crippen molar-refractivity contribution >= 4 is 21.8 Å². The van der Waals surface area contributed by atoms with E-state index in [4.69, 9.17) is 4.74 Å². The van der Waals surface area contributed by atoms with Crippen LogP contribution in [0.1, 0.15) is 23.5 Å². The van der Waals surface area contributed by atoms with Gasteiger partial charge < -0.3 is 4.74 Å². The van der Waals surface area contributed by atoms with Gasteiger partial charge in [-0.15, -0.1) is 0 Å². The molecule has 1 aliphatic carbocycles. The van der Waals surface area contributed by atoms with Gasteiger partial charge in [0.2, 0.25) is 10.0 Å². The highest BCUT2D eigenvalue weighted by atomic mass is 32.2. The SMILES string of the molecule is COC(=O)[C@@H]1CC2=CC(=O)[C@@H](c3ccccc3)[C@@H]2CN1S(=O)(=O)c1ccc(C)cc1. The third-order valence-electron chi connectivity index (χ3n) is 5.93. The summed E-state index contributed by atoms with van der Waals surface area (Å²) in [6.45, 7) is 1.92. The molecule has 7 heteroatoms. The van der Waals surface area contributed by atoms with Crippen molar-refractivity contribution in [3.63, 3.8) is 0 Å². The van der Waals surface area contributed by atoms with Crippen LogP contribution in [-0.4, -0.2) is 44.2 Å². The average molecular weight is 426 g/mol. The molecule has 4 rings (SSSR count). The average Bonchev–Trinajstić information content (AvgIpc) is 3.08. The van der Waals surface area contributed by atoms with Crippen LogP contribution in [0.3, 0.4) is 0 Å². The van der Waals surface area contributed by atoms with E-state index in [2.05, 4.69) is 0 Å². The normalized spacial score (nSPS) is 24.3. The zero-order chi connectivity index (χ0) is 21.5. The van der Waals surface area contributed by atoms with Crippen molar-refractivity contribution in [2.45, 2.75) is 30.2 Å². The Hall–Kier alpha value is -2.77. The summed E-state index contributed by atoms with van der Waals surface area (Å²) in [7, 11) is -2.71. The lowest BCUT2D eigenvalue weighted by atomic mass is 9.81. The molecule has 1 saturated heterocycles. The number of ketones is 1. The quantitative estimate of drug-likeness (QED) is 0.704. The fraction of sp³-hybridized carbons (Fsp3) is 0.304. The number of sulfonamides is 1. The summed E-state index contributed by atoms with van der Waals surface area (Å²) >= 11 is 0. The van der Waals surface area contributed by atoms with Gasteiger partial charge >= 0.3 is 5.97 Å². The van der Waals surface area contributed by atoms with Gasteiger partial charge in [0.25, 0.3) is 0 Å². The Balaban J connectivity index is 1.75. The molecule has 3 atom stereocenters. The van der Waals surface area contributed by atoms with Crippen LogP contribution in [0, 0.1) is 12.8 Å². The predicted octanol–water partition coefficient (Wildman–Crippen LogP) is 2.84. The van der Waals surface area contributed by atoms with Crippen molar-refractivity contribution in [2.24, 2.45) is 5.92 Å². The van der Waals surface area contributed by atoms with E-state index < -0.39 is 28.0 Å². The first-order chi connectivity index (χ1) is 14.3. The van der Waals surface area contributed by atoms with Crippen LogP contribution in [0.25, 0.3) is 0 Å². The van der Waals surface area contributed by atoms with Gasteiger partial charge in [0, 0.05) is 12.5 Å². The van der Waals surface area contributed by atoms with Gasteiger partial charge in [0.1, 0.15) is 6.04 Å². The van der Waals surface area contributed by atoms with E-state index in [9.17, 15) is 18.0 Å². The lowest BCUT2D eigenvalue weighted by Gasteiger charge is -2.38. The molecule has 2 aromatic carbocycles. The number of carbonyl (C=O) groups is 2. The van der Waals surface area contributed by atoms with Gasteiger partial charge in [-0.25, -0.2) is 8.42 Å². The fourth-order valence-electron chi connectivity index (χ4n) is 4.38. The third-order valence-corrected chi connectivity index (χ3v) is 7.81. The number of benzene rings is 2. The number of rotatable bonds is 4. The summed E-state index contributed by atoms with van der Waals surface area (Å²) in [5.74, 6) is -1.43. The highest BCUT2D eigenvalue weighted by Gasteiger charge is 2.49. The zero-order valence-electron chi connectivity index (χ0n) is 16.8. The largest absolute Gasteiger partial charge is 0.468 e. The molecule has 0 spiro atoms. The van der Waals surface area contributed by atoms with Crippen molar-refractivity contribution in [1.29, 1.82) is 0 Å². The Morgan fingerprint density at radius 1 is 1.07 bits per heavy atom. The fourth-order valence-corrected chi connectivity index (χ4v) is 5.98. The van der Waals surface area contributed by atoms with Crippen molar-refractivity contribution in [2.75, 3.05) is 13.7 Å². The number of methoxy groups -OCH3 is 1. The monoisotopic (exact) mass is 425 g/mol. The van der Waals surface area contributed by atoms with E-state index in [1.54, 1.807) is 30.3 Å². The summed E-state index contributed by atoms with van der Waals surface area (Å²) in [6, 6.07) is 14.9. The van der Waals surface area contributed by atoms with Crippen molar-refractivity contribution in [1.82, 2.24) is 4.31 Å². The molecule has 0 saturated carbocycles. The number of hydrogen-bond acceptors (Lipinski definition) is 5. The highest BCUT2D eigenvalue weighted by Crippen LogP contribution is 2.44. The molecule has 0 radical (unpaired) electrons. The van der Waals surface area contributed by atoms with Crippen molar-refractivity contribution in [3.05, 3.63) is 77.4 Å². The standard InChI is InChI=1S/C23H23NO5S/c1-15-8-10-18(11-9-15)30(27,28)24-14-19-17(12-20(24)23(26)29-2)13-21(25)22(19)16-6-4-3-5-7-16/h3-11,13,19-20,22H,12,14H2,1-2H3/t19-,20+,22+/m1/s1. The maximum atomic E-state index is 13.5. The lowest BCUT2D eigenvalue weighted by Crippen LogP contribution is -2.52.